The van der Waals surface area contributed by atoms with Crippen molar-refractivity contribution in [1.82, 2.24) is 0 Å². The zero-order valence-electron chi connectivity index (χ0n) is 15.1. The van der Waals surface area contributed by atoms with Crippen molar-refractivity contribution in [3.05, 3.63) is 58.2 Å². The quantitative estimate of drug-likeness (QED) is 0.768. The van der Waals surface area contributed by atoms with Gasteiger partial charge in [0.25, 0.3) is 5.91 Å². The van der Waals surface area contributed by atoms with E-state index < -0.39 is 18.1 Å². The largest absolute Gasteiger partial charge is 0.464 e. The van der Waals surface area contributed by atoms with Crippen molar-refractivity contribution < 1.29 is 23.8 Å². The molecule has 2 heterocycles. The van der Waals surface area contributed by atoms with Gasteiger partial charge in [0.15, 0.2) is 11.2 Å². The fraction of sp³-hybridized carbons (Fsp3) is 0.400. The molecule has 144 valence electrons. The normalized spacial score (nSPS) is 22.3. The third-order valence-electron chi connectivity index (χ3n) is 4.72. The summed E-state index contributed by atoms with van der Waals surface area (Å²) in [7, 11) is 0. The van der Waals surface area contributed by atoms with Gasteiger partial charge >= 0.3 is 0 Å². The summed E-state index contributed by atoms with van der Waals surface area (Å²) in [6.07, 6.45) is 3.28. The molecule has 0 unspecified atom stereocenters. The van der Waals surface area contributed by atoms with Crippen molar-refractivity contribution in [2.75, 3.05) is 13.2 Å². The van der Waals surface area contributed by atoms with Crippen LogP contribution in [0.5, 0.6) is 0 Å². The lowest BCUT2D eigenvalue weighted by Gasteiger charge is -2.36. The van der Waals surface area contributed by atoms with E-state index in [9.17, 15) is 14.7 Å². The Morgan fingerprint density at radius 2 is 2.11 bits per heavy atom. The smallest absolute Gasteiger partial charge is 0.283 e. The highest BCUT2D eigenvalue weighted by atomic mass is 16.7. The molecular weight excluding hydrogens is 350 g/mol. The summed E-state index contributed by atoms with van der Waals surface area (Å²) in [5.74, 6) is -1.52. The first kappa shape index (κ1) is 19.1. The number of aliphatic hydroxyl groups excluding tert-OH is 1. The number of aliphatic hydroxyl groups is 1. The Morgan fingerprint density at radius 3 is 2.81 bits per heavy atom. The molecule has 0 fully saturated rings. The molecule has 0 aliphatic carbocycles. The minimum absolute atomic E-state index is 0.000777. The summed E-state index contributed by atoms with van der Waals surface area (Å²) in [5, 5.41) is 9.72. The summed E-state index contributed by atoms with van der Waals surface area (Å²) in [6, 6.07) is 6.98. The fourth-order valence-electron chi connectivity index (χ4n) is 3.46. The van der Waals surface area contributed by atoms with Gasteiger partial charge in [-0.3, -0.25) is 9.59 Å². The number of nitrogens with two attached hydrogens (primary N) is 1. The Balaban J connectivity index is 2.12. The van der Waals surface area contributed by atoms with E-state index >= 15 is 0 Å². The lowest BCUT2D eigenvalue weighted by Crippen LogP contribution is -2.39. The standard InChI is InChI=1S/C20H23NO6/c1-2-25-20-12(7-5-9-22)14(10-17(27-20)19(21)24)15-11-26-16-8-4-3-6-13(16)18(15)23/h3-4,6,8,10-12,14,20,22H,2,5,7,9H2,1H3,(H2,21,24)/t12-,14-,20+/m0/s1. The maximum atomic E-state index is 13.1. The van der Waals surface area contributed by atoms with Gasteiger partial charge < -0.3 is 24.7 Å². The molecule has 27 heavy (non-hydrogen) atoms. The van der Waals surface area contributed by atoms with Crippen molar-refractivity contribution >= 4 is 16.9 Å². The molecule has 0 saturated carbocycles. The number of carbonyl (C=O) groups excluding carboxylic acids is 1. The van der Waals surface area contributed by atoms with Gasteiger partial charge in [0.1, 0.15) is 5.58 Å². The Labute approximate surface area is 156 Å². The summed E-state index contributed by atoms with van der Waals surface area (Å²) in [6.45, 7) is 2.18. The molecule has 7 nitrogen and oxygen atoms in total. The van der Waals surface area contributed by atoms with E-state index in [-0.39, 0.29) is 23.7 Å². The van der Waals surface area contributed by atoms with Crippen molar-refractivity contribution in [3.63, 3.8) is 0 Å². The first-order valence-electron chi connectivity index (χ1n) is 8.98. The molecule has 3 N–H and O–H groups in total. The summed E-state index contributed by atoms with van der Waals surface area (Å²) in [5.41, 5.74) is 6.13. The van der Waals surface area contributed by atoms with Crippen LogP contribution in [0.3, 0.4) is 0 Å². The Morgan fingerprint density at radius 1 is 1.33 bits per heavy atom. The van der Waals surface area contributed by atoms with Crippen LogP contribution in [0.2, 0.25) is 0 Å². The highest BCUT2D eigenvalue weighted by Gasteiger charge is 2.38. The number of amides is 1. The summed E-state index contributed by atoms with van der Waals surface area (Å²) >= 11 is 0. The molecule has 1 amide bonds. The number of hydrogen-bond donors (Lipinski definition) is 2. The van der Waals surface area contributed by atoms with Gasteiger partial charge in [-0.05, 0) is 38.0 Å². The van der Waals surface area contributed by atoms with E-state index in [4.69, 9.17) is 19.6 Å². The molecule has 0 radical (unpaired) electrons. The lowest BCUT2D eigenvalue weighted by molar-refractivity contribution is -0.165. The van der Waals surface area contributed by atoms with Gasteiger partial charge in [0, 0.05) is 30.6 Å². The average molecular weight is 373 g/mol. The van der Waals surface area contributed by atoms with Crippen LogP contribution in [0, 0.1) is 5.92 Å². The third-order valence-corrected chi connectivity index (χ3v) is 4.72. The summed E-state index contributed by atoms with van der Waals surface area (Å²) < 4.78 is 16.9. The molecule has 1 aliphatic rings. The van der Waals surface area contributed by atoms with Gasteiger partial charge in [-0.2, -0.15) is 0 Å². The van der Waals surface area contributed by atoms with Crippen LogP contribution in [-0.2, 0) is 14.3 Å². The van der Waals surface area contributed by atoms with Crippen molar-refractivity contribution in [3.8, 4) is 0 Å². The number of fused-ring (bicyclic) bond motifs is 1. The monoisotopic (exact) mass is 373 g/mol. The molecule has 1 aromatic heterocycles. The van der Waals surface area contributed by atoms with Crippen LogP contribution in [0.25, 0.3) is 11.0 Å². The van der Waals surface area contributed by atoms with Gasteiger partial charge in [-0.25, -0.2) is 0 Å². The number of hydrogen-bond acceptors (Lipinski definition) is 6. The lowest BCUT2D eigenvalue weighted by atomic mass is 9.81. The average Bonchev–Trinajstić information content (AvgIpc) is 2.67. The van der Waals surface area contributed by atoms with Crippen molar-refractivity contribution in [2.45, 2.75) is 32.0 Å². The number of benzene rings is 1. The minimum Gasteiger partial charge on any atom is -0.464 e. The Hall–Kier alpha value is -2.64. The molecule has 1 aromatic carbocycles. The number of ether oxygens (including phenoxy) is 2. The maximum absolute atomic E-state index is 13.1. The van der Waals surface area contributed by atoms with Crippen LogP contribution in [0.1, 0.15) is 31.2 Å². The molecular formula is C20H23NO6. The first-order valence-corrected chi connectivity index (χ1v) is 8.98. The predicted molar refractivity (Wildman–Crippen MR) is 98.8 cm³/mol. The van der Waals surface area contributed by atoms with Gasteiger partial charge in [0.2, 0.25) is 6.29 Å². The number of carbonyl (C=O) groups is 1. The predicted octanol–water partition coefficient (Wildman–Crippen LogP) is 2.03. The number of para-hydroxylation sites is 1. The SMILES string of the molecule is CCO[C@@H]1OC(C(N)=O)=C[C@H](c2coc3ccccc3c2=O)[C@@H]1CCCO. The Kier molecular flexibility index (Phi) is 5.93. The first-order chi connectivity index (χ1) is 13.1. The maximum Gasteiger partial charge on any atom is 0.283 e. The van der Waals surface area contributed by atoms with Gasteiger partial charge in [0.05, 0.1) is 11.6 Å². The van der Waals surface area contributed by atoms with E-state index in [0.29, 0.717) is 36.0 Å². The Bertz CT molecular complexity index is 903. The molecule has 1 aliphatic heterocycles. The molecule has 0 saturated heterocycles. The third kappa shape index (κ3) is 3.89. The van der Waals surface area contributed by atoms with Crippen LogP contribution in [0.4, 0.5) is 0 Å². The second-order valence-corrected chi connectivity index (χ2v) is 6.41. The van der Waals surface area contributed by atoms with Crippen molar-refractivity contribution in [2.24, 2.45) is 11.7 Å². The molecule has 3 atom stereocenters. The second kappa shape index (κ2) is 8.37. The van der Waals surface area contributed by atoms with E-state index in [1.807, 2.05) is 6.92 Å². The fourth-order valence-corrected chi connectivity index (χ4v) is 3.46. The van der Waals surface area contributed by atoms with E-state index in [2.05, 4.69) is 0 Å². The number of primary amides is 1. The van der Waals surface area contributed by atoms with Gasteiger partial charge in [-0.1, -0.05) is 12.1 Å². The van der Waals surface area contributed by atoms with Crippen LogP contribution >= 0.6 is 0 Å². The van der Waals surface area contributed by atoms with Crippen LogP contribution in [-0.4, -0.2) is 30.5 Å². The zero-order valence-corrected chi connectivity index (χ0v) is 15.1. The second-order valence-electron chi connectivity index (χ2n) is 6.41. The molecule has 0 spiro atoms. The van der Waals surface area contributed by atoms with Crippen LogP contribution < -0.4 is 11.2 Å². The minimum atomic E-state index is -0.745. The van der Waals surface area contributed by atoms with Crippen LogP contribution in [0.15, 0.2) is 51.6 Å². The van der Waals surface area contributed by atoms with E-state index in [1.54, 1.807) is 30.3 Å². The van der Waals surface area contributed by atoms with E-state index in [1.165, 1.54) is 6.26 Å². The highest BCUT2D eigenvalue weighted by Crippen LogP contribution is 2.38. The molecule has 2 aromatic rings. The summed E-state index contributed by atoms with van der Waals surface area (Å²) in [4.78, 5) is 24.8. The van der Waals surface area contributed by atoms with E-state index in [0.717, 1.165) is 0 Å². The number of allylic oxidation sites excluding steroid dienone is 1. The molecule has 7 heteroatoms. The molecule has 0 bridgehead atoms. The highest BCUT2D eigenvalue weighted by molar-refractivity contribution is 5.90. The van der Waals surface area contributed by atoms with Gasteiger partial charge in [-0.15, -0.1) is 0 Å². The topological polar surface area (TPSA) is 112 Å². The molecule has 3 rings (SSSR count). The number of rotatable bonds is 7. The zero-order chi connectivity index (χ0) is 19.4. The van der Waals surface area contributed by atoms with Crippen molar-refractivity contribution in [1.29, 1.82) is 0 Å².